The van der Waals surface area contributed by atoms with E-state index in [1.54, 1.807) is 0 Å². The minimum atomic E-state index is -0.675. The van der Waals surface area contributed by atoms with E-state index in [0.29, 0.717) is 0 Å². The topological polar surface area (TPSA) is 37.3 Å². The predicted molar refractivity (Wildman–Crippen MR) is 70.7 cm³/mol. The summed E-state index contributed by atoms with van der Waals surface area (Å²) in [4.78, 5) is 11.0. The molecular weight excluding hydrogens is 236 g/mol. The molecule has 0 aromatic heterocycles. The third kappa shape index (κ3) is 3.22. The quantitative estimate of drug-likeness (QED) is 0.891. The molecule has 1 aromatic carbocycles. The maximum atomic E-state index is 11.0. The van der Waals surface area contributed by atoms with Gasteiger partial charge in [0.15, 0.2) is 0 Å². The molecule has 3 heteroatoms. The van der Waals surface area contributed by atoms with Crippen molar-refractivity contribution in [1.29, 1.82) is 0 Å². The van der Waals surface area contributed by atoms with Gasteiger partial charge in [-0.25, -0.2) is 0 Å². The first-order valence-corrected chi connectivity index (χ1v) is 6.00. The highest BCUT2D eigenvalue weighted by atomic mass is 35.5. The van der Waals surface area contributed by atoms with E-state index in [1.165, 1.54) is 12.0 Å². The third-order valence-electron chi connectivity index (χ3n) is 3.69. The van der Waals surface area contributed by atoms with Gasteiger partial charge in [0, 0.05) is 5.41 Å². The molecule has 1 aromatic rings. The molecule has 1 fully saturated rings. The lowest BCUT2D eigenvalue weighted by Gasteiger charge is -2.36. The molecule has 0 bridgehead atoms. The normalized spacial score (nSPS) is 18.1. The molecule has 0 radical (unpaired) electrons. The van der Waals surface area contributed by atoms with Gasteiger partial charge in [-0.2, -0.15) is 0 Å². The van der Waals surface area contributed by atoms with E-state index in [0.717, 1.165) is 25.7 Å². The Morgan fingerprint density at radius 1 is 1.12 bits per heavy atom. The van der Waals surface area contributed by atoms with Crippen LogP contribution < -0.4 is 0 Å². The molecule has 1 N–H and O–H groups in total. The van der Waals surface area contributed by atoms with Gasteiger partial charge in [-0.1, -0.05) is 49.6 Å². The number of hydrogen-bond donors (Lipinski definition) is 1. The lowest BCUT2D eigenvalue weighted by Crippen LogP contribution is -2.31. The van der Waals surface area contributed by atoms with E-state index in [2.05, 4.69) is 12.1 Å². The molecule has 0 heterocycles. The van der Waals surface area contributed by atoms with Crippen LogP contribution in [0.15, 0.2) is 30.3 Å². The van der Waals surface area contributed by atoms with Crippen molar-refractivity contribution in [1.82, 2.24) is 0 Å². The van der Waals surface area contributed by atoms with Crippen molar-refractivity contribution in [3.63, 3.8) is 0 Å². The van der Waals surface area contributed by atoms with Crippen LogP contribution in [0.5, 0.6) is 0 Å². The molecule has 0 amide bonds. The first-order valence-electron chi connectivity index (χ1n) is 6.00. The number of carboxylic acid groups (broad SMARTS) is 1. The number of halogens is 1. The lowest BCUT2D eigenvalue weighted by molar-refractivity contribution is -0.138. The highest BCUT2D eigenvalue weighted by molar-refractivity contribution is 5.85. The van der Waals surface area contributed by atoms with Crippen molar-refractivity contribution in [3.8, 4) is 0 Å². The monoisotopic (exact) mass is 254 g/mol. The Hall–Kier alpha value is -1.02. The second kappa shape index (κ2) is 6.06. The van der Waals surface area contributed by atoms with E-state index < -0.39 is 5.97 Å². The van der Waals surface area contributed by atoms with E-state index in [4.69, 9.17) is 5.11 Å². The molecule has 17 heavy (non-hydrogen) atoms. The second-order valence-corrected chi connectivity index (χ2v) is 4.78. The van der Waals surface area contributed by atoms with Crippen molar-refractivity contribution >= 4 is 18.4 Å². The Morgan fingerprint density at radius 3 is 2.24 bits per heavy atom. The first kappa shape index (κ1) is 14.0. The standard InChI is InChI=1S/C14H18O2.ClH/c15-13(16)11-14(9-5-2-6-10-14)12-7-3-1-4-8-12;/h1,3-4,7-8H,2,5-6,9-11H2,(H,15,16);1H. The SMILES string of the molecule is Cl.O=C(O)CC1(c2ccccc2)CCCCC1. The van der Waals surface area contributed by atoms with Crippen molar-refractivity contribution in [3.05, 3.63) is 35.9 Å². The third-order valence-corrected chi connectivity index (χ3v) is 3.69. The van der Waals surface area contributed by atoms with E-state index in [1.807, 2.05) is 18.2 Å². The Morgan fingerprint density at radius 2 is 1.71 bits per heavy atom. The molecule has 0 unspecified atom stereocenters. The summed E-state index contributed by atoms with van der Waals surface area (Å²) in [6.45, 7) is 0. The Balaban J connectivity index is 0.00000144. The number of carboxylic acids is 1. The van der Waals surface area contributed by atoms with E-state index in [-0.39, 0.29) is 24.2 Å². The number of rotatable bonds is 3. The number of carbonyl (C=O) groups is 1. The Kier molecular flexibility index (Phi) is 5.01. The van der Waals surface area contributed by atoms with Crippen LogP contribution in [0.1, 0.15) is 44.1 Å². The van der Waals surface area contributed by atoms with Crippen LogP contribution >= 0.6 is 12.4 Å². The summed E-state index contributed by atoms with van der Waals surface area (Å²) in [5, 5.41) is 9.09. The molecule has 1 aliphatic rings. The van der Waals surface area contributed by atoms with Crippen LogP contribution in [-0.2, 0) is 10.2 Å². The zero-order valence-electron chi connectivity index (χ0n) is 9.89. The zero-order chi connectivity index (χ0) is 11.4. The van der Waals surface area contributed by atoms with E-state index >= 15 is 0 Å². The Bertz CT molecular complexity index is 356. The number of benzene rings is 1. The molecule has 1 saturated carbocycles. The molecule has 0 spiro atoms. The van der Waals surface area contributed by atoms with Gasteiger partial charge in [0.05, 0.1) is 6.42 Å². The van der Waals surface area contributed by atoms with Crippen LogP contribution in [0.25, 0.3) is 0 Å². The van der Waals surface area contributed by atoms with Crippen LogP contribution in [-0.4, -0.2) is 11.1 Å². The molecule has 94 valence electrons. The van der Waals surface area contributed by atoms with Gasteiger partial charge >= 0.3 is 5.97 Å². The van der Waals surface area contributed by atoms with Crippen molar-refractivity contribution in [2.24, 2.45) is 0 Å². The average Bonchev–Trinajstić information content (AvgIpc) is 2.30. The second-order valence-electron chi connectivity index (χ2n) is 4.78. The fourth-order valence-electron chi connectivity index (χ4n) is 2.88. The molecule has 0 atom stereocenters. The van der Waals surface area contributed by atoms with Gasteiger partial charge in [-0.3, -0.25) is 4.79 Å². The minimum absolute atomic E-state index is 0. The van der Waals surface area contributed by atoms with Gasteiger partial charge in [0.2, 0.25) is 0 Å². The molecular formula is C14H19ClO2. The Labute approximate surface area is 108 Å². The van der Waals surface area contributed by atoms with Gasteiger partial charge in [0.1, 0.15) is 0 Å². The summed E-state index contributed by atoms with van der Waals surface area (Å²) in [6.07, 6.45) is 5.86. The summed E-state index contributed by atoms with van der Waals surface area (Å²) < 4.78 is 0. The van der Waals surface area contributed by atoms with Crippen LogP contribution in [0, 0.1) is 0 Å². The molecule has 1 aliphatic carbocycles. The average molecular weight is 255 g/mol. The van der Waals surface area contributed by atoms with Gasteiger partial charge < -0.3 is 5.11 Å². The fourth-order valence-corrected chi connectivity index (χ4v) is 2.88. The summed E-state index contributed by atoms with van der Waals surface area (Å²) in [6, 6.07) is 10.2. The largest absolute Gasteiger partial charge is 0.481 e. The van der Waals surface area contributed by atoms with Crippen LogP contribution in [0.4, 0.5) is 0 Å². The molecule has 0 aliphatic heterocycles. The van der Waals surface area contributed by atoms with Crippen molar-refractivity contribution in [2.75, 3.05) is 0 Å². The molecule has 2 rings (SSSR count). The van der Waals surface area contributed by atoms with Crippen LogP contribution in [0.3, 0.4) is 0 Å². The first-order chi connectivity index (χ1) is 7.73. The van der Waals surface area contributed by atoms with Crippen LogP contribution in [0.2, 0.25) is 0 Å². The highest BCUT2D eigenvalue weighted by Gasteiger charge is 2.35. The minimum Gasteiger partial charge on any atom is -0.481 e. The van der Waals surface area contributed by atoms with Crippen molar-refractivity contribution in [2.45, 2.75) is 43.9 Å². The lowest BCUT2D eigenvalue weighted by atomic mass is 9.67. The summed E-state index contributed by atoms with van der Waals surface area (Å²) in [7, 11) is 0. The molecule has 2 nitrogen and oxygen atoms in total. The van der Waals surface area contributed by atoms with Gasteiger partial charge in [-0.15, -0.1) is 12.4 Å². The summed E-state index contributed by atoms with van der Waals surface area (Å²) in [5.74, 6) is -0.675. The summed E-state index contributed by atoms with van der Waals surface area (Å²) >= 11 is 0. The maximum absolute atomic E-state index is 11.0. The molecule has 0 saturated heterocycles. The number of aliphatic carboxylic acids is 1. The fraction of sp³-hybridized carbons (Fsp3) is 0.500. The predicted octanol–water partition coefficient (Wildman–Crippen LogP) is 3.79. The van der Waals surface area contributed by atoms with Gasteiger partial charge in [-0.05, 0) is 18.4 Å². The zero-order valence-corrected chi connectivity index (χ0v) is 10.7. The number of hydrogen-bond acceptors (Lipinski definition) is 1. The van der Waals surface area contributed by atoms with E-state index in [9.17, 15) is 4.79 Å². The summed E-state index contributed by atoms with van der Waals surface area (Å²) in [5.41, 5.74) is 1.10. The van der Waals surface area contributed by atoms with Crippen molar-refractivity contribution < 1.29 is 9.90 Å². The smallest absolute Gasteiger partial charge is 0.304 e. The highest BCUT2D eigenvalue weighted by Crippen LogP contribution is 2.42. The van der Waals surface area contributed by atoms with Gasteiger partial charge in [0.25, 0.3) is 0 Å². The maximum Gasteiger partial charge on any atom is 0.304 e.